The van der Waals surface area contributed by atoms with Crippen LogP contribution < -0.4 is 0 Å². The quantitative estimate of drug-likeness (QED) is 0.773. The molecule has 0 aliphatic heterocycles. The van der Waals surface area contributed by atoms with E-state index in [-0.39, 0.29) is 6.42 Å². The van der Waals surface area contributed by atoms with E-state index in [4.69, 9.17) is 9.47 Å². The molecule has 0 radical (unpaired) electrons. The summed E-state index contributed by atoms with van der Waals surface area (Å²) in [7, 11) is 1.31. The molecule has 1 aromatic rings. The Bertz CT molecular complexity index is 451. The van der Waals surface area contributed by atoms with Crippen molar-refractivity contribution in [2.24, 2.45) is 5.92 Å². The molecule has 110 valence electrons. The average molecular weight is 279 g/mol. The average Bonchev–Trinajstić information content (AvgIpc) is 2.36. The number of carbonyl (C=O) groups is 2. The van der Waals surface area contributed by atoms with Crippen molar-refractivity contribution in [3.63, 3.8) is 0 Å². The fourth-order valence-electron chi connectivity index (χ4n) is 1.76. The number of carbonyl (C=O) groups excluding carboxylic acids is 2. The second-order valence-corrected chi connectivity index (χ2v) is 5.54. The van der Waals surface area contributed by atoms with Crippen LogP contribution in [-0.4, -0.2) is 29.6 Å². The molecule has 0 saturated heterocycles. The molecule has 1 aromatic heterocycles. The molecule has 5 nitrogen and oxygen atoms in total. The molecule has 0 saturated carbocycles. The van der Waals surface area contributed by atoms with Gasteiger partial charge in [-0.2, -0.15) is 0 Å². The van der Waals surface area contributed by atoms with Gasteiger partial charge in [0.15, 0.2) is 0 Å². The zero-order valence-corrected chi connectivity index (χ0v) is 12.4. The van der Waals surface area contributed by atoms with E-state index in [0.29, 0.717) is 6.42 Å². The first kappa shape index (κ1) is 16.1. The van der Waals surface area contributed by atoms with Gasteiger partial charge in [0.25, 0.3) is 0 Å². The molecule has 0 aromatic carbocycles. The van der Waals surface area contributed by atoms with Gasteiger partial charge in [-0.05, 0) is 32.9 Å². The third kappa shape index (κ3) is 5.82. The first-order valence-corrected chi connectivity index (χ1v) is 6.51. The van der Waals surface area contributed by atoms with Crippen molar-refractivity contribution in [3.05, 3.63) is 30.1 Å². The summed E-state index contributed by atoms with van der Waals surface area (Å²) >= 11 is 0. The van der Waals surface area contributed by atoms with Crippen LogP contribution in [0.1, 0.15) is 32.9 Å². The number of hydrogen-bond donors (Lipinski definition) is 0. The molecule has 1 rings (SSSR count). The van der Waals surface area contributed by atoms with Crippen LogP contribution in [0.25, 0.3) is 0 Å². The van der Waals surface area contributed by atoms with Crippen LogP contribution in [0, 0.1) is 5.92 Å². The van der Waals surface area contributed by atoms with Gasteiger partial charge < -0.3 is 9.47 Å². The van der Waals surface area contributed by atoms with Crippen LogP contribution >= 0.6 is 0 Å². The van der Waals surface area contributed by atoms with Gasteiger partial charge in [-0.3, -0.25) is 14.6 Å². The van der Waals surface area contributed by atoms with E-state index in [9.17, 15) is 9.59 Å². The zero-order chi connectivity index (χ0) is 15.2. The van der Waals surface area contributed by atoms with Crippen molar-refractivity contribution >= 4 is 11.9 Å². The summed E-state index contributed by atoms with van der Waals surface area (Å²) in [5.74, 6) is -1.42. The summed E-state index contributed by atoms with van der Waals surface area (Å²) in [6, 6.07) is 5.44. The standard InChI is InChI=1S/C15H21NO4/c1-15(2,3)20-13(17)10-11(14(18)19-4)9-12-7-5-6-8-16-12/h5-8,11H,9-10H2,1-4H3. The predicted octanol–water partition coefficient (Wildman–Crippen LogP) is 2.15. The Hall–Kier alpha value is -1.91. The molecule has 0 bridgehead atoms. The second kappa shape index (κ2) is 7.03. The third-order valence-electron chi connectivity index (χ3n) is 2.55. The fourth-order valence-corrected chi connectivity index (χ4v) is 1.76. The van der Waals surface area contributed by atoms with Crippen molar-refractivity contribution in [3.8, 4) is 0 Å². The monoisotopic (exact) mass is 279 g/mol. The van der Waals surface area contributed by atoms with E-state index >= 15 is 0 Å². The number of esters is 2. The molecular formula is C15H21NO4. The molecule has 1 atom stereocenters. The maximum Gasteiger partial charge on any atom is 0.309 e. The summed E-state index contributed by atoms with van der Waals surface area (Å²) in [5, 5.41) is 0. The largest absolute Gasteiger partial charge is 0.469 e. The molecule has 0 fully saturated rings. The molecule has 5 heteroatoms. The summed E-state index contributed by atoms with van der Waals surface area (Å²) in [5.41, 5.74) is 0.175. The first-order chi connectivity index (χ1) is 9.31. The van der Waals surface area contributed by atoms with E-state index in [0.717, 1.165) is 5.69 Å². The van der Waals surface area contributed by atoms with E-state index in [1.165, 1.54) is 7.11 Å². The van der Waals surface area contributed by atoms with Crippen molar-refractivity contribution in [1.82, 2.24) is 4.98 Å². The molecule has 0 aliphatic carbocycles. The number of rotatable bonds is 5. The number of pyridine rings is 1. The first-order valence-electron chi connectivity index (χ1n) is 6.51. The smallest absolute Gasteiger partial charge is 0.309 e. The number of methoxy groups -OCH3 is 1. The van der Waals surface area contributed by atoms with Crippen LogP contribution in [-0.2, 0) is 25.5 Å². The SMILES string of the molecule is COC(=O)C(CC(=O)OC(C)(C)C)Cc1ccccn1. The van der Waals surface area contributed by atoms with E-state index < -0.39 is 23.5 Å². The van der Waals surface area contributed by atoms with Gasteiger partial charge in [-0.25, -0.2) is 0 Å². The number of ether oxygens (including phenoxy) is 2. The minimum Gasteiger partial charge on any atom is -0.469 e. The van der Waals surface area contributed by atoms with Crippen molar-refractivity contribution in [1.29, 1.82) is 0 Å². The molecule has 0 spiro atoms. The van der Waals surface area contributed by atoms with Gasteiger partial charge in [0.05, 0.1) is 19.4 Å². The topological polar surface area (TPSA) is 65.5 Å². The Labute approximate surface area is 119 Å². The molecule has 1 heterocycles. The summed E-state index contributed by atoms with van der Waals surface area (Å²) in [4.78, 5) is 27.7. The normalized spacial score (nSPS) is 12.6. The highest BCUT2D eigenvalue weighted by atomic mass is 16.6. The van der Waals surface area contributed by atoms with E-state index in [2.05, 4.69) is 4.98 Å². The fraction of sp³-hybridized carbons (Fsp3) is 0.533. The van der Waals surface area contributed by atoms with Crippen molar-refractivity contribution in [2.75, 3.05) is 7.11 Å². The highest BCUT2D eigenvalue weighted by molar-refractivity contribution is 5.80. The Morgan fingerprint density at radius 2 is 2.00 bits per heavy atom. The van der Waals surface area contributed by atoms with Gasteiger partial charge in [0.1, 0.15) is 5.60 Å². The molecule has 0 aliphatic rings. The Morgan fingerprint density at radius 3 is 2.50 bits per heavy atom. The Balaban J connectivity index is 2.70. The number of nitrogens with zero attached hydrogens (tertiary/aromatic N) is 1. The maximum absolute atomic E-state index is 11.8. The molecule has 0 N–H and O–H groups in total. The number of aromatic nitrogens is 1. The molecule has 1 unspecified atom stereocenters. The van der Waals surface area contributed by atoms with Gasteiger partial charge in [0, 0.05) is 18.3 Å². The second-order valence-electron chi connectivity index (χ2n) is 5.54. The van der Waals surface area contributed by atoms with Gasteiger partial charge in [-0.1, -0.05) is 6.07 Å². The Morgan fingerprint density at radius 1 is 1.30 bits per heavy atom. The van der Waals surface area contributed by atoms with Crippen molar-refractivity contribution < 1.29 is 19.1 Å². The zero-order valence-electron chi connectivity index (χ0n) is 12.4. The van der Waals surface area contributed by atoms with Gasteiger partial charge >= 0.3 is 11.9 Å². The maximum atomic E-state index is 11.8. The lowest BCUT2D eigenvalue weighted by Gasteiger charge is -2.21. The lowest BCUT2D eigenvalue weighted by atomic mass is 9.99. The third-order valence-corrected chi connectivity index (χ3v) is 2.55. The van der Waals surface area contributed by atoms with Crippen LogP contribution in [0.2, 0.25) is 0 Å². The Kier molecular flexibility index (Phi) is 5.67. The lowest BCUT2D eigenvalue weighted by molar-refractivity contribution is -0.160. The van der Waals surface area contributed by atoms with E-state index in [1.54, 1.807) is 33.0 Å². The number of hydrogen-bond acceptors (Lipinski definition) is 5. The van der Waals surface area contributed by atoms with Gasteiger partial charge in [-0.15, -0.1) is 0 Å². The van der Waals surface area contributed by atoms with Crippen LogP contribution in [0.3, 0.4) is 0 Å². The summed E-state index contributed by atoms with van der Waals surface area (Å²) in [6.45, 7) is 5.37. The predicted molar refractivity (Wildman–Crippen MR) is 73.9 cm³/mol. The van der Waals surface area contributed by atoms with E-state index in [1.807, 2.05) is 12.1 Å². The van der Waals surface area contributed by atoms with Crippen molar-refractivity contribution in [2.45, 2.75) is 39.2 Å². The highest BCUT2D eigenvalue weighted by Gasteiger charge is 2.26. The van der Waals surface area contributed by atoms with Crippen LogP contribution in [0.15, 0.2) is 24.4 Å². The lowest BCUT2D eigenvalue weighted by Crippen LogP contribution is -2.28. The minimum absolute atomic E-state index is 0.0134. The molecular weight excluding hydrogens is 258 g/mol. The molecule has 20 heavy (non-hydrogen) atoms. The summed E-state index contributed by atoms with van der Waals surface area (Å²) in [6.07, 6.45) is 1.99. The highest BCUT2D eigenvalue weighted by Crippen LogP contribution is 2.16. The van der Waals surface area contributed by atoms with Gasteiger partial charge in [0.2, 0.25) is 0 Å². The molecule has 0 amide bonds. The minimum atomic E-state index is -0.579. The van der Waals surface area contributed by atoms with Crippen LogP contribution in [0.5, 0.6) is 0 Å². The van der Waals surface area contributed by atoms with Crippen LogP contribution in [0.4, 0.5) is 0 Å². The summed E-state index contributed by atoms with van der Waals surface area (Å²) < 4.78 is 9.97.